The molecule has 0 spiro atoms. The van der Waals surface area contributed by atoms with Gasteiger partial charge in [0.05, 0.1) is 11.1 Å². The van der Waals surface area contributed by atoms with Crippen LogP contribution in [0.4, 0.5) is 26.3 Å². The van der Waals surface area contributed by atoms with E-state index in [9.17, 15) is 26.3 Å². The van der Waals surface area contributed by atoms with E-state index in [0.29, 0.717) is 11.1 Å². The minimum atomic E-state index is -4.52. The predicted octanol–water partition coefficient (Wildman–Crippen LogP) is 4.85. The monoisotopic (exact) mass is 319 g/mol. The molecule has 2 rings (SSSR count). The highest BCUT2D eigenvalue weighted by atomic mass is 19.4. The SMILES string of the molecule is NCc1cc(-c2ccc(C(F)(F)F)cc2)ccc1C(F)(F)F. The van der Waals surface area contributed by atoms with Crippen molar-refractivity contribution in [3.63, 3.8) is 0 Å². The summed E-state index contributed by atoms with van der Waals surface area (Å²) in [6, 6.07) is 7.53. The van der Waals surface area contributed by atoms with Crippen LogP contribution in [0.2, 0.25) is 0 Å². The van der Waals surface area contributed by atoms with Crippen molar-refractivity contribution < 1.29 is 26.3 Å². The van der Waals surface area contributed by atoms with Gasteiger partial charge in [-0.05, 0) is 41.0 Å². The average Bonchev–Trinajstić information content (AvgIpc) is 2.45. The van der Waals surface area contributed by atoms with Crippen LogP contribution < -0.4 is 5.73 Å². The summed E-state index contributed by atoms with van der Waals surface area (Å²) in [5, 5.41) is 0. The van der Waals surface area contributed by atoms with Crippen LogP contribution in [0.15, 0.2) is 42.5 Å². The van der Waals surface area contributed by atoms with Crippen molar-refractivity contribution in [1.29, 1.82) is 0 Å². The van der Waals surface area contributed by atoms with E-state index in [1.54, 1.807) is 0 Å². The summed E-state index contributed by atoms with van der Waals surface area (Å²) >= 11 is 0. The maximum Gasteiger partial charge on any atom is 0.416 e. The van der Waals surface area contributed by atoms with Gasteiger partial charge < -0.3 is 5.73 Å². The predicted molar refractivity (Wildman–Crippen MR) is 69.8 cm³/mol. The number of hydrogen-bond acceptors (Lipinski definition) is 1. The molecule has 2 aromatic carbocycles. The minimum Gasteiger partial charge on any atom is -0.326 e. The molecule has 0 atom stereocenters. The van der Waals surface area contributed by atoms with Crippen LogP contribution in [0.3, 0.4) is 0 Å². The van der Waals surface area contributed by atoms with Gasteiger partial charge in [0.1, 0.15) is 0 Å². The number of rotatable bonds is 2. The van der Waals surface area contributed by atoms with Gasteiger partial charge in [0, 0.05) is 6.54 Å². The van der Waals surface area contributed by atoms with E-state index in [1.165, 1.54) is 24.3 Å². The van der Waals surface area contributed by atoms with Crippen LogP contribution in [-0.4, -0.2) is 0 Å². The van der Waals surface area contributed by atoms with Gasteiger partial charge >= 0.3 is 12.4 Å². The zero-order valence-corrected chi connectivity index (χ0v) is 11.1. The summed E-state index contributed by atoms with van der Waals surface area (Å²) in [7, 11) is 0. The van der Waals surface area contributed by atoms with Gasteiger partial charge in [-0.3, -0.25) is 0 Å². The molecule has 0 saturated carbocycles. The quantitative estimate of drug-likeness (QED) is 0.787. The Morgan fingerprint density at radius 1 is 0.727 bits per heavy atom. The largest absolute Gasteiger partial charge is 0.416 e. The molecule has 0 heterocycles. The summed E-state index contributed by atoms with van der Waals surface area (Å²) in [5.41, 5.74) is 4.32. The van der Waals surface area contributed by atoms with Crippen LogP contribution in [0.1, 0.15) is 16.7 Å². The van der Waals surface area contributed by atoms with E-state index in [2.05, 4.69) is 0 Å². The van der Waals surface area contributed by atoms with E-state index in [-0.39, 0.29) is 12.1 Å². The Kier molecular flexibility index (Phi) is 4.19. The summed E-state index contributed by atoms with van der Waals surface area (Å²) < 4.78 is 75.8. The van der Waals surface area contributed by atoms with Gasteiger partial charge in [0.2, 0.25) is 0 Å². The minimum absolute atomic E-state index is 0.107. The molecular formula is C15H11F6N. The van der Waals surface area contributed by atoms with Gasteiger partial charge in [-0.25, -0.2) is 0 Å². The second-order valence-electron chi connectivity index (χ2n) is 4.65. The lowest BCUT2D eigenvalue weighted by atomic mass is 9.98. The third kappa shape index (κ3) is 3.41. The Hall–Kier alpha value is -2.02. The highest BCUT2D eigenvalue weighted by molar-refractivity contribution is 5.65. The standard InChI is InChI=1S/C15H11F6N/c16-14(17,18)12-4-1-9(2-5-12)10-3-6-13(15(19,20)21)11(7-10)8-22/h1-7H,8,22H2. The first kappa shape index (κ1) is 16.4. The van der Waals surface area contributed by atoms with Crippen LogP contribution in [0.5, 0.6) is 0 Å². The smallest absolute Gasteiger partial charge is 0.326 e. The fourth-order valence-corrected chi connectivity index (χ4v) is 2.07. The Morgan fingerprint density at radius 3 is 1.73 bits per heavy atom. The molecule has 22 heavy (non-hydrogen) atoms. The first-order valence-corrected chi connectivity index (χ1v) is 6.21. The Morgan fingerprint density at radius 2 is 1.27 bits per heavy atom. The molecule has 2 aromatic rings. The molecule has 0 aliphatic carbocycles. The molecule has 0 saturated heterocycles. The summed E-state index contributed by atoms with van der Waals surface area (Å²) in [6.45, 7) is -0.316. The van der Waals surface area contributed by atoms with Crippen molar-refractivity contribution in [2.24, 2.45) is 5.73 Å². The molecule has 0 unspecified atom stereocenters. The molecule has 0 bridgehead atoms. The van der Waals surface area contributed by atoms with E-state index in [4.69, 9.17) is 5.73 Å². The molecule has 0 aliphatic rings. The molecule has 0 aromatic heterocycles. The lowest BCUT2D eigenvalue weighted by molar-refractivity contribution is -0.138. The highest BCUT2D eigenvalue weighted by Crippen LogP contribution is 2.35. The molecule has 1 nitrogen and oxygen atoms in total. The zero-order chi connectivity index (χ0) is 16.5. The molecule has 7 heteroatoms. The fraction of sp³-hybridized carbons (Fsp3) is 0.200. The molecule has 2 N–H and O–H groups in total. The van der Waals surface area contributed by atoms with Gasteiger partial charge in [-0.1, -0.05) is 18.2 Å². The second kappa shape index (κ2) is 5.64. The number of benzene rings is 2. The van der Waals surface area contributed by atoms with Crippen molar-refractivity contribution in [2.45, 2.75) is 18.9 Å². The molecule has 0 amide bonds. The van der Waals surface area contributed by atoms with E-state index >= 15 is 0 Å². The zero-order valence-electron chi connectivity index (χ0n) is 11.1. The maximum absolute atomic E-state index is 12.8. The molecular weight excluding hydrogens is 308 g/mol. The first-order chi connectivity index (χ1) is 10.1. The third-order valence-corrected chi connectivity index (χ3v) is 3.18. The lowest BCUT2D eigenvalue weighted by Crippen LogP contribution is -2.12. The van der Waals surface area contributed by atoms with Crippen molar-refractivity contribution >= 4 is 0 Å². The van der Waals surface area contributed by atoms with Crippen molar-refractivity contribution in [3.8, 4) is 11.1 Å². The Bertz CT molecular complexity index is 655. The highest BCUT2D eigenvalue weighted by Gasteiger charge is 2.33. The lowest BCUT2D eigenvalue weighted by Gasteiger charge is -2.14. The van der Waals surface area contributed by atoms with E-state index in [1.807, 2.05) is 0 Å². The summed E-state index contributed by atoms with van der Waals surface area (Å²) in [6.07, 6.45) is -8.98. The van der Waals surface area contributed by atoms with Gasteiger partial charge in [0.15, 0.2) is 0 Å². The van der Waals surface area contributed by atoms with Gasteiger partial charge in [-0.15, -0.1) is 0 Å². The van der Waals surface area contributed by atoms with Crippen molar-refractivity contribution in [2.75, 3.05) is 0 Å². The average molecular weight is 319 g/mol. The molecule has 0 radical (unpaired) electrons. The maximum atomic E-state index is 12.8. The number of hydrogen-bond donors (Lipinski definition) is 1. The summed E-state index contributed by atoms with van der Waals surface area (Å²) in [5.74, 6) is 0. The van der Waals surface area contributed by atoms with Gasteiger partial charge in [-0.2, -0.15) is 26.3 Å². The van der Waals surface area contributed by atoms with E-state index in [0.717, 1.165) is 18.2 Å². The second-order valence-corrected chi connectivity index (χ2v) is 4.65. The number of halogens is 6. The normalized spacial score (nSPS) is 12.5. The number of alkyl halides is 6. The van der Waals surface area contributed by atoms with Crippen LogP contribution in [0.25, 0.3) is 11.1 Å². The molecule has 118 valence electrons. The fourth-order valence-electron chi connectivity index (χ4n) is 2.07. The van der Waals surface area contributed by atoms with Crippen molar-refractivity contribution in [3.05, 3.63) is 59.2 Å². The topological polar surface area (TPSA) is 26.0 Å². The van der Waals surface area contributed by atoms with Gasteiger partial charge in [0.25, 0.3) is 0 Å². The van der Waals surface area contributed by atoms with Crippen LogP contribution in [-0.2, 0) is 18.9 Å². The van der Waals surface area contributed by atoms with E-state index < -0.39 is 23.5 Å². The molecule has 0 aliphatic heterocycles. The first-order valence-electron chi connectivity index (χ1n) is 6.21. The molecule has 0 fully saturated rings. The number of nitrogens with two attached hydrogens (primary N) is 1. The van der Waals surface area contributed by atoms with Crippen molar-refractivity contribution in [1.82, 2.24) is 0 Å². The summed E-state index contributed by atoms with van der Waals surface area (Å²) in [4.78, 5) is 0. The van der Waals surface area contributed by atoms with Crippen LogP contribution >= 0.6 is 0 Å². The Labute approximate surface area is 122 Å². The van der Waals surface area contributed by atoms with Crippen LogP contribution in [0, 0.1) is 0 Å². The Balaban J connectivity index is 2.42. The third-order valence-electron chi connectivity index (χ3n) is 3.18.